The fraction of sp³-hybridized carbons (Fsp3) is 0.375. The Morgan fingerprint density at radius 1 is 1.46 bits per heavy atom. The normalized spacial score (nSPS) is 9.77. The van der Waals surface area contributed by atoms with Crippen LogP contribution in [0.2, 0.25) is 0 Å². The zero-order chi connectivity index (χ0) is 10.0. The summed E-state index contributed by atoms with van der Waals surface area (Å²) in [5.41, 5.74) is 0.992. The number of aromatic amines is 1. The van der Waals surface area contributed by atoms with Gasteiger partial charge in [0.15, 0.2) is 0 Å². The van der Waals surface area contributed by atoms with Crippen molar-refractivity contribution in [1.29, 1.82) is 0 Å². The second-order valence-electron chi connectivity index (χ2n) is 2.82. The predicted molar refractivity (Wildman–Crippen MR) is 48.8 cm³/mol. The van der Waals surface area contributed by atoms with Crippen molar-refractivity contribution >= 4 is 12.4 Å². The summed E-state index contributed by atoms with van der Waals surface area (Å²) in [6, 6.07) is 0. The lowest BCUT2D eigenvalue weighted by Gasteiger charge is -2.09. The number of carbonyl (C=O) groups excluding carboxylic acids is 1. The van der Waals surface area contributed by atoms with Crippen LogP contribution in [0.25, 0.3) is 0 Å². The first kappa shape index (κ1) is 9.44. The van der Waals surface area contributed by atoms with Crippen molar-refractivity contribution in [2.24, 2.45) is 0 Å². The third kappa shape index (κ3) is 1.74. The molecule has 5 heteroatoms. The number of anilines is 1. The number of hydrogen-bond acceptors (Lipinski definition) is 3. The molecule has 1 aromatic heterocycles. The highest BCUT2D eigenvalue weighted by atomic mass is 16.1. The zero-order valence-corrected chi connectivity index (χ0v) is 7.79. The van der Waals surface area contributed by atoms with E-state index in [1.165, 1.54) is 11.9 Å². The van der Waals surface area contributed by atoms with Gasteiger partial charge in [-0.05, 0) is 13.8 Å². The van der Waals surface area contributed by atoms with Gasteiger partial charge in [0.1, 0.15) is 0 Å². The summed E-state index contributed by atoms with van der Waals surface area (Å²) >= 11 is 0. The van der Waals surface area contributed by atoms with Crippen molar-refractivity contribution in [3.05, 3.63) is 21.6 Å². The molecule has 5 nitrogen and oxygen atoms in total. The molecule has 0 aromatic carbocycles. The lowest BCUT2D eigenvalue weighted by atomic mass is 10.3. The number of aromatic nitrogens is 2. The highest BCUT2D eigenvalue weighted by Crippen LogP contribution is 2.02. The largest absolute Gasteiger partial charge is 0.292 e. The zero-order valence-electron chi connectivity index (χ0n) is 7.79. The van der Waals surface area contributed by atoms with Gasteiger partial charge in [0, 0.05) is 18.3 Å². The monoisotopic (exact) mass is 181 g/mol. The number of aryl methyl sites for hydroxylation is 1. The maximum Gasteiger partial charge on any atom is 0.255 e. The summed E-state index contributed by atoms with van der Waals surface area (Å²) < 4.78 is 0. The molecular weight excluding hydrogens is 170 g/mol. The van der Waals surface area contributed by atoms with Gasteiger partial charge in [-0.15, -0.1) is 0 Å². The van der Waals surface area contributed by atoms with Crippen molar-refractivity contribution < 1.29 is 4.79 Å². The highest BCUT2D eigenvalue weighted by Gasteiger charge is 2.05. The van der Waals surface area contributed by atoms with Gasteiger partial charge >= 0.3 is 0 Å². The van der Waals surface area contributed by atoms with E-state index in [1.807, 2.05) is 0 Å². The number of hydrogen-bond donors (Lipinski definition) is 1. The third-order valence-electron chi connectivity index (χ3n) is 1.87. The molecule has 0 bridgehead atoms. The van der Waals surface area contributed by atoms with Crippen LogP contribution in [0.5, 0.6) is 0 Å². The van der Waals surface area contributed by atoms with Gasteiger partial charge in [-0.2, -0.15) is 0 Å². The molecule has 0 unspecified atom stereocenters. The molecule has 0 saturated carbocycles. The van der Waals surface area contributed by atoms with Crippen LogP contribution in [0.15, 0.2) is 4.79 Å². The van der Waals surface area contributed by atoms with Gasteiger partial charge in [-0.1, -0.05) is 0 Å². The number of carbonyl (C=O) groups is 1. The number of rotatable bonds is 2. The molecule has 0 atom stereocenters. The lowest BCUT2D eigenvalue weighted by molar-refractivity contribution is -0.107. The van der Waals surface area contributed by atoms with E-state index in [-0.39, 0.29) is 11.5 Å². The third-order valence-corrected chi connectivity index (χ3v) is 1.87. The van der Waals surface area contributed by atoms with E-state index in [0.29, 0.717) is 17.7 Å². The minimum atomic E-state index is -0.212. The molecular formula is C8H11N3O2. The number of H-pyrrole nitrogens is 1. The Kier molecular flexibility index (Phi) is 2.46. The molecule has 0 spiro atoms. The molecule has 0 radical (unpaired) electrons. The first-order chi connectivity index (χ1) is 6.06. The minimum absolute atomic E-state index is 0.212. The summed E-state index contributed by atoms with van der Waals surface area (Å²) in [5, 5.41) is 0. The van der Waals surface area contributed by atoms with Crippen molar-refractivity contribution in [3.63, 3.8) is 0 Å². The molecule has 1 rings (SSSR count). The van der Waals surface area contributed by atoms with E-state index < -0.39 is 0 Å². The van der Waals surface area contributed by atoms with Gasteiger partial charge in [0.2, 0.25) is 12.4 Å². The first-order valence-corrected chi connectivity index (χ1v) is 3.82. The Balaban J connectivity index is 3.28. The lowest BCUT2D eigenvalue weighted by Crippen LogP contribution is -2.23. The van der Waals surface area contributed by atoms with Crippen LogP contribution in [0.3, 0.4) is 0 Å². The summed E-state index contributed by atoms with van der Waals surface area (Å²) in [6.45, 7) is 3.42. The number of nitrogens with zero attached hydrogens (tertiary/aromatic N) is 2. The fourth-order valence-corrected chi connectivity index (χ4v) is 0.847. The van der Waals surface area contributed by atoms with Crippen LogP contribution in [0.1, 0.15) is 11.3 Å². The van der Waals surface area contributed by atoms with Crippen LogP contribution in [-0.4, -0.2) is 23.4 Å². The number of nitrogens with one attached hydrogen (secondary N) is 1. The summed E-state index contributed by atoms with van der Waals surface area (Å²) in [4.78, 5) is 29.4. The van der Waals surface area contributed by atoms with E-state index >= 15 is 0 Å². The minimum Gasteiger partial charge on any atom is -0.292 e. The Bertz CT molecular complexity index is 383. The maximum atomic E-state index is 11.2. The first-order valence-electron chi connectivity index (χ1n) is 3.82. The van der Waals surface area contributed by atoms with Crippen LogP contribution in [0, 0.1) is 13.8 Å². The van der Waals surface area contributed by atoms with Gasteiger partial charge in [0.05, 0.1) is 0 Å². The molecule has 70 valence electrons. The van der Waals surface area contributed by atoms with Crippen molar-refractivity contribution in [2.45, 2.75) is 13.8 Å². The smallest absolute Gasteiger partial charge is 0.255 e. The molecule has 0 saturated heterocycles. The molecule has 1 amide bonds. The van der Waals surface area contributed by atoms with Crippen LogP contribution in [-0.2, 0) is 4.79 Å². The molecule has 1 N–H and O–H groups in total. The van der Waals surface area contributed by atoms with E-state index in [2.05, 4.69) is 9.97 Å². The van der Waals surface area contributed by atoms with Gasteiger partial charge in [0.25, 0.3) is 5.56 Å². The van der Waals surface area contributed by atoms with Crippen molar-refractivity contribution in [1.82, 2.24) is 9.97 Å². The molecule has 1 aromatic rings. The Morgan fingerprint density at radius 2 is 2.08 bits per heavy atom. The quantitative estimate of drug-likeness (QED) is 0.652. The van der Waals surface area contributed by atoms with E-state index in [9.17, 15) is 9.59 Å². The van der Waals surface area contributed by atoms with Crippen LogP contribution < -0.4 is 10.5 Å². The topological polar surface area (TPSA) is 66.1 Å². The highest BCUT2D eigenvalue weighted by molar-refractivity contribution is 5.69. The summed E-state index contributed by atoms with van der Waals surface area (Å²) in [6.07, 6.45) is 0.590. The van der Waals surface area contributed by atoms with E-state index in [0.717, 1.165) is 0 Å². The van der Waals surface area contributed by atoms with E-state index in [4.69, 9.17) is 0 Å². The average molecular weight is 181 g/mol. The van der Waals surface area contributed by atoms with Crippen LogP contribution in [0.4, 0.5) is 5.95 Å². The standard InChI is InChI=1S/C8H11N3O2/c1-5-6(2)9-8(10-7(5)13)11(3)4-12/h4H,1-3H3,(H,9,10,13). The Labute approximate surface area is 75.4 Å². The number of amides is 1. The SMILES string of the molecule is Cc1nc(N(C)C=O)[nH]c(=O)c1C. The maximum absolute atomic E-state index is 11.2. The molecule has 13 heavy (non-hydrogen) atoms. The summed E-state index contributed by atoms with van der Waals surface area (Å²) in [5.74, 6) is 0.267. The molecule has 0 aliphatic rings. The second kappa shape index (κ2) is 3.38. The molecule has 0 aliphatic heterocycles. The van der Waals surface area contributed by atoms with Crippen molar-refractivity contribution in [3.8, 4) is 0 Å². The van der Waals surface area contributed by atoms with Crippen molar-refractivity contribution in [2.75, 3.05) is 11.9 Å². The predicted octanol–water partition coefficient (Wildman–Crippen LogP) is -0.0207. The fourth-order valence-electron chi connectivity index (χ4n) is 0.847. The van der Waals surface area contributed by atoms with Gasteiger partial charge < -0.3 is 0 Å². The van der Waals surface area contributed by atoms with Crippen LogP contribution >= 0.6 is 0 Å². The van der Waals surface area contributed by atoms with Gasteiger partial charge in [-0.3, -0.25) is 19.5 Å². The Morgan fingerprint density at radius 3 is 2.54 bits per heavy atom. The average Bonchev–Trinajstić information content (AvgIpc) is 2.12. The van der Waals surface area contributed by atoms with Gasteiger partial charge in [-0.25, -0.2) is 4.98 Å². The molecule has 0 fully saturated rings. The van der Waals surface area contributed by atoms with E-state index in [1.54, 1.807) is 13.8 Å². The second-order valence-corrected chi connectivity index (χ2v) is 2.82. The molecule has 1 heterocycles. The Hall–Kier alpha value is -1.65. The molecule has 0 aliphatic carbocycles. The summed E-state index contributed by atoms with van der Waals surface area (Å²) in [7, 11) is 1.53.